The zero-order chi connectivity index (χ0) is 21.9. The van der Waals surface area contributed by atoms with E-state index in [1.54, 1.807) is 11.0 Å². The summed E-state index contributed by atoms with van der Waals surface area (Å²) in [6, 6.07) is 22.7. The third-order valence-electron chi connectivity index (χ3n) is 5.88. The molecule has 1 aromatic heterocycles. The molecule has 6 heteroatoms. The molecule has 1 N–H and O–H groups in total. The summed E-state index contributed by atoms with van der Waals surface area (Å²) in [6.07, 6.45) is 1.80. The Hall–Kier alpha value is -3.09. The third-order valence-corrected chi connectivity index (χ3v) is 6.93. The second-order valence-electron chi connectivity index (χ2n) is 8.28. The van der Waals surface area contributed by atoms with E-state index in [1.807, 2.05) is 24.3 Å². The Labute approximate surface area is 192 Å². The van der Waals surface area contributed by atoms with Crippen LogP contribution in [-0.4, -0.2) is 42.2 Å². The van der Waals surface area contributed by atoms with Crippen LogP contribution in [0.25, 0.3) is 17.4 Å². The van der Waals surface area contributed by atoms with Crippen LogP contribution >= 0.6 is 11.8 Å². The Kier molecular flexibility index (Phi) is 5.97. The number of carbonyl (C=O) groups is 1. The highest BCUT2D eigenvalue weighted by Crippen LogP contribution is 2.31. The quantitative estimate of drug-likeness (QED) is 0.625. The normalized spacial score (nSPS) is 18.4. The van der Waals surface area contributed by atoms with Gasteiger partial charge in [-0.25, -0.2) is 0 Å². The summed E-state index contributed by atoms with van der Waals surface area (Å²) in [5.41, 5.74) is 3.61. The van der Waals surface area contributed by atoms with Gasteiger partial charge in [0.1, 0.15) is 18.1 Å². The first-order chi connectivity index (χ1) is 15.6. The lowest BCUT2D eigenvalue weighted by Gasteiger charge is -2.32. The first-order valence-corrected chi connectivity index (χ1v) is 11.8. The molecule has 162 valence electrons. The fourth-order valence-corrected chi connectivity index (χ4v) is 4.99. The van der Waals surface area contributed by atoms with Crippen LogP contribution in [0.5, 0.6) is 0 Å². The highest BCUT2D eigenvalue weighted by Gasteiger charge is 2.30. The summed E-state index contributed by atoms with van der Waals surface area (Å²) in [5.74, 6) is 1.29. The predicted molar refractivity (Wildman–Crippen MR) is 129 cm³/mol. The van der Waals surface area contributed by atoms with Gasteiger partial charge >= 0.3 is 0 Å². The average molecular weight is 445 g/mol. The summed E-state index contributed by atoms with van der Waals surface area (Å²) >= 11 is 1.45. The van der Waals surface area contributed by atoms with Crippen LogP contribution in [0.2, 0.25) is 0 Å². The zero-order valence-corrected chi connectivity index (χ0v) is 18.9. The number of hydrogen-bond donors (Lipinski definition) is 1. The number of furan rings is 1. The second-order valence-corrected chi connectivity index (χ2v) is 9.29. The highest BCUT2D eigenvalue weighted by molar-refractivity contribution is 8.18. The van der Waals surface area contributed by atoms with E-state index in [2.05, 4.69) is 59.3 Å². The summed E-state index contributed by atoms with van der Waals surface area (Å²) in [7, 11) is 0. The third kappa shape index (κ3) is 4.71. The molecule has 5 rings (SSSR count). The molecule has 0 unspecified atom stereocenters. The van der Waals surface area contributed by atoms with Crippen LogP contribution in [0.4, 0.5) is 0 Å². The first-order valence-electron chi connectivity index (χ1n) is 11.0. The fraction of sp³-hybridized carbons (Fsp3) is 0.231. The first kappa shape index (κ1) is 20.8. The van der Waals surface area contributed by atoms with Crippen molar-refractivity contribution >= 4 is 28.9 Å². The number of aryl methyl sites for hydroxylation is 1. The molecule has 5 nitrogen and oxygen atoms in total. The number of benzene rings is 2. The van der Waals surface area contributed by atoms with E-state index in [0.29, 0.717) is 10.7 Å². The van der Waals surface area contributed by atoms with E-state index in [1.165, 1.54) is 22.9 Å². The predicted octanol–water partition coefficient (Wildman–Crippen LogP) is 3.63. The van der Waals surface area contributed by atoms with Gasteiger partial charge in [-0.05, 0) is 30.8 Å². The van der Waals surface area contributed by atoms with Crippen molar-refractivity contribution < 1.29 is 14.1 Å². The van der Waals surface area contributed by atoms with E-state index < -0.39 is 0 Å². The van der Waals surface area contributed by atoms with E-state index in [-0.39, 0.29) is 5.91 Å². The largest absolute Gasteiger partial charge is 0.457 e. The number of amidine groups is 1. The number of quaternary nitrogens is 1. The van der Waals surface area contributed by atoms with Crippen molar-refractivity contribution in [1.29, 1.82) is 0 Å². The van der Waals surface area contributed by atoms with E-state index in [0.717, 1.165) is 49.2 Å². The molecule has 0 radical (unpaired) electrons. The SMILES string of the molecule is Cc1ccc(-c2ccc(/C=C3/SC(N4CC[NH+](Cc5ccccc5)CC4)=NC3=O)o2)cc1. The van der Waals surface area contributed by atoms with Crippen molar-refractivity contribution in [2.24, 2.45) is 4.99 Å². The van der Waals surface area contributed by atoms with Gasteiger partial charge in [-0.15, -0.1) is 0 Å². The van der Waals surface area contributed by atoms with Crippen LogP contribution < -0.4 is 4.90 Å². The zero-order valence-electron chi connectivity index (χ0n) is 18.1. The van der Waals surface area contributed by atoms with Gasteiger partial charge < -0.3 is 14.2 Å². The molecule has 1 amide bonds. The Balaban J connectivity index is 1.20. The minimum atomic E-state index is -0.183. The van der Waals surface area contributed by atoms with Gasteiger partial charge in [0.15, 0.2) is 5.17 Å². The summed E-state index contributed by atoms with van der Waals surface area (Å²) < 4.78 is 5.96. The topological polar surface area (TPSA) is 50.2 Å². The maximum absolute atomic E-state index is 12.5. The van der Waals surface area contributed by atoms with Gasteiger partial charge in [-0.3, -0.25) is 4.79 Å². The van der Waals surface area contributed by atoms with Crippen LogP contribution in [0.1, 0.15) is 16.9 Å². The molecular formula is C26H26N3O2S+. The van der Waals surface area contributed by atoms with Gasteiger partial charge in [-0.1, -0.05) is 60.2 Å². The van der Waals surface area contributed by atoms with Crippen LogP contribution in [0.15, 0.2) is 81.0 Å². The Morgan fingerprint density at radius 1 is 1.03 bits per heavy atom. The van der Waals surface area contributed by atoms with Gasteiger partial charge in [0, 0.05) is 17.2 Å². The highest BCUT2D eigenvalue weighted by atomic mass is 32.2. The average Bonchev–Trinajstić information content (AvgIpc) is 3.43. The molecule has 0 aliphatic carbocycles. The van der Waals surface area contributed by atoms with E-state index in [9.17, 15) is 4.79 Å². The lowest BCUT2D eigenvalue weighted by atomic mass is 10.1. The number of nitrogens with one attached hydrogen (secondary N) is 1. The minimum absolute atomic E-state index is 0.183. The monoisotopic (exact) mass is 444 g/mol. The van der Waals surface area contributed by atoms with Gasteiger partial charge in [0.2, 0.25) is 0 Å². The molecule has 1 saturated heterocycles. The molecule has 0 saturated carbocycles. The van der Waals surface area contributed by atoms with Crippen molar-refractivity contribution in [3.63, 3.8) is 0 Å². The molecule has 0 bridgehead atoms. The Morgan fingerprint density at radius 2 is 1.78 bits per heavy atom. The molecular weight excluding hydrogens is 418 g/mol. The number of piperazine rings is 1. The standard InChI is InChI=1S/C26H25N3O2S/c1-19-7-9-21(10-8-19)23-12-11-22(31-23)17-24-25(30)27-26(32-24)29-15-13-28(14-16-29)18-20-5-3-2-4-6-20/h2-12,17H,13-16,18H2,1H3/p+1/b24-17+. The van der Waals surface area contributed by atoms with Crippen molar-refractivity contribution in [1.82, 2.24) is 4.90 Å². The molecule has 3 heterocycles. The molecule has 32 heavy (non-hydrogen) atoms. The van der Waals surface area contributed by atoms with Crippen molar-refractivity contribution in [2.45, 2.75) is 13.5 Å². The second kappa shape index (κ2) is 9.18. The summed E-state index contributed by atoms with van der Waals surface area (Å²) in [4.78, 5) is 21.2. The van der Waals surface area contributed by atoms with Crippen molar-refractivity contribution in [2.75, 3.05) is 26.2 Å². The number of nitrogens with zero attached hydrogens (tertiary/aromatic N) is 2. The molecule has 1 fully saturated rings. The van der Waals surface area contributed by atoms with Crippen LogP contribution in [0.3, 0.4) is 0 Å². The number of rotatable bonds is 4. The Bertz CT molecular complexity index is 1160. The Morgan fingerprint density at radius 3 is 2.53 bits per heavy atom. The minimum Gasteiger partial charge on any atom is -0.457 e. The number of hydrogen-bond acceptors (Lipinski definition) is 4. The van der Waals surface area contributed by atoms with Crippen LogP contribution in [-0.2, 0) is 11.3 Å². The smallest absolute Gasteiger partial charge is 0.286 e. The van der Waals surface area contributed by atoms with Gasteiger partial charge in [-0.2, -0.15) is 4.99 Å². The number of aliphatic imine (C=N–C) groups is 1. The van der Waals surface area contributed by atoms with Gasteiger partial charge in [0.05, 0.1) is 31.1 Å². The maximum Gasteiger partial charge on any atom is 0.286 e. The summed E-state index contributed by atoms with van der Waals surface area (Å²) in [6.45, 7) is 7.01. The van der Waals surface area contributed by atoms with Gasteiger partial charge in [0.25, 0.3) is 5.91 Å². The van der Waals surface area contributed by atoms with Crippen LogP contribution in [0, 0.1) is 6.92 Å². The molecule has 0 atom stereocenters. The lowest BCUT2D eigenvalue weighted by Crippen LogP contribution is -3.13. The lowest BCUT2D eigenvalue weighted by molar-refractivity contribution is -0.917. The van der Waals surface area contributed by atoms with Crippen molar-refractivity contribution in [3.8, 4) is 11.3 Å². The number of carbonyl (C=O) groups excluding carboxylic acids is 1. The summed E-state index contributed by atoms with van der Waals surface area (Å²) in [5, 5.41) is 0.810. The van der Waals surface area contributed by atoms with Crippen molar-refractivity contribution in [3.05, 3.63) is 88.5 Å². The molecule has 2 aliphatic rings. The fourth-order valence-electron chi connectivity index (χ4n) is 4.04. The van der Waals surface area contributed by atoms with E-state index in [4.69, 9.17) is 4.42 Å². The number of amides is 1. The molecule has 2 aromatic carbocycles. The number of thioether (sulfide) groups is 1. The molecule has 2 aliphatic heterocycles. The molecule has 3 aromatic rings. The van der Waals surface area contributed by atoms with E-state index >= 15 is 0 Å². The molecule has 0 spiro atoms. The maximum atomic E-state index is 12.5.